The molecule has 8 aromatic rings. The fourth-order valence-electron chi connectivity index (χ4n) is 13.6. The first-order valence-electron chi connectivity index (χ1n) is 37.3. The number of carboxylic acids is 1. The number of esters is 1. The van der Waals surface area contributed by atoms with Gasteiger partial charge in [0.1, 0.15) is 23.1 Å². The van der Waals surface area contributed by atoms with Crippen molar-refractivity contribution < 1.29 is 58.5 Å². The second-order valence-corrected chi connectivity index (χ2v) is 28.4. The highest BCUT2D eigenvalue weighted by molar-refractivity contribution is 5.89. The number of rotatable bonds is 27. The van der Waals surface area contributed by atoms with Gasteiger partial charge in [0.15, 0.2) is 34.5 Å². The van der Waals surface area contributed by atoms with Gasteiger partial charge in [0, 0.05) is 179 Å². The summed E-state index contributed by atoms with van der Waals surface area (Å²) in [6, 6.07) is 44.0. The van der Waals surface area contributed by atoms with Crippen molar-refractivity contribution in [2.45, 2.75) is 98.5 Å². The molecule has 1 amide bonds. The summed E-state index contributed by atoms with van der Waals surface area (Å²) in [5.74, 6) is 4.36. The van der Waals surface area contributed by atoms with Gasteiger partial charge in [0.05, 0.1) is 39.1 Å². The van der Waals surface area contributed by atoms with Crippen molar-refractivity contribution in [3.05, 3.63) is 214 Å². The number of amides is 1. The second-order valence-electron chi connectivity index (χ2n) is 28.4. The van der Waals surface area contributed by atoms with Gasteiger partial charge in [-0.3, -0.25) is 14.7 Å². The highest BCUT2D eigenvalue weighted by atomic mass is 16.6. The lowest BCUT2D eigenvalue weighted by Crippen LogP contribution is -2.46. The summed E-state index contributed by atoms with van der Waals surface area (Å²) in [7, 11) is 4.73. The number of phenolic OH excluding ortho intramolecular Hbond substituents is 3. The summed E-state index contributed by atoms with van der Waals surface area (Å²) in [5, 5.41) is 51.7. The second kappa shape index (κ2) is 40.1. The minimum absolute atomic E-state index is 0.183. The van der Waals surface area contributed by atoms with E-state index in [-0.39, 0.29) is 34.9 Å². The molecule has 25 nitrogen and oxygen atoms in total. The van der Waals surface area contributed by atoms with E-state index in [9.17, 15) is 29.7 Å². The smallest absolute Gasteiger partial charge is 0.410 e. The number of methoxy groups -OCH3 is 3. The average molecular weight is 1480 g/mol. The first-order valence-corrected chi connectivity index (χ1v) is 37.3. The average Bonchev–Trinajstić information content (AvgIpc) is 0.828. The van der Waals surface area contributed by atoms with E-state index >= 15 is 0 Å². The van der Waals surface area contributed by atoms with Crippen LogP contribution in [0.1, 0.15) is 106 Å². The van der Waals surface area contributed by atoms with Crippen molar-refractivity contribution in [1.82, 2.24) is 50.5 Å². The number of likely N-dealkylation sites (tertiary alicyclic amines) is 1. The topological polar surface area (TPSA) is 276 Å². The molecule has 4 aliphatic heterocycles. The number of hydrogen-bond donors (Lipinski definition) is 7. The monoisotopic (exact) mass is 1480 g/mol. The van der Waals surface area contributed by atoms with Crippen LogP contribution in [0.25, 0.3) is 0 Å². The number of ether oxygens (including phenoxy) is 5. The maximum atomic E-state index is 12.3. The maximum Gasteiger partial charge on any atom is 0.410 e. The van der Waals surface area contributed by atoms with Gasteiger partial charge in [0.25, 0.3) is 0 Å². The first kappa shape index (κ1) is 80.3. The van der Waals surface area contributed by atoms with Crippen LogP contribution in [0.2, 0.25) is 0 Å². The molecule has 3 aromatic heterocycles. The number of nitrogens with zero attached hydrogens (tertiary/aromatic N) is 10. The Morgan fingerprint density at radius 2 is 0.806 bits per heavy atom. The third kappa shape index (κ3) is 23.9. The standard InChI is InChI=1S/C29H43N5O4.C28H34N4O4.C26H30N4O4/c1-29(2,3)38-28(36)34-11-8-22(9-12-34)19-30-20-23-17-24(27(35)25(18-23)37-4)21-32-13-15-33(16-14-32)26-7-5-6-10-31-26;1-3-36-28(34)23-9-7-21(8-10-23)18-29-19-22-16-24(27(33)25(17-22)35-2)20-31-12-14-32(15-13-31)26-6-4-5-11-30-26;1-34-23-15-20(17-27-16-19-5-7-21(8-6-19)26(32)33)14-22(25(23)31)18-29-10-12-30(13-11-29)24-4-2-3-9-28-24/h5-7,10,17-18,22,30,35H,8-9,11-16,19-21H2,1-4H3;4-11,16-17,29,33H,3,12-15,18-20H2,1-2H3;2-9,14-15,27,31H,10-13,16-18H2,1H3,(H,32,33). The van der Waals surface area contributed by atoms with Crippen LogP contribution < -0.4 is 44.9 Å². The molecule has 0 spiro atoms. The number of pyridine rings is 3. The zero-order valence-electron chi connectivity index (χ0n) is 63.5. The lowest BCUT2D eigenvalue weighted by Gasteiger charge is -2.35. The summed E-state index contributed by atoms with van der Waals surface area (Å²) in [6.45, 7) is 26.1. The van der Waals surface area contributed by atoms with E-state index in [1.54, 1.807) is 52.5 Å². The molecule has 576 valence electrons. The van der Waals surface area contributed by atoms with Gasteiger partial charge in [-0.15, -0.1) is 0 Å². The number of benzene rings is 5. The summed E-state index contributed by atoms with van der Waals surface area (Å²) < 4.78 is 26.9. The van der Waals surface area contributed by atoms with Gasteiger partial charge >= 0.3 is 18.0 Å². The molecule has 0 aliphatic carbocycles. The van der Waals surface area contributed by atoms with Crippen molar-refractivity contribution in [1.29, 1.82) is 0 Å². The normalized spacial score (nSPS) is 15.3. The number of aromatic carboxylic acids is 1. The van der Waals surface area contributed by atoms with Crippen molar-refractivity contribution in [2.75, 3.05) is 141 Å². The largest absolute Gasteiger partial charge is 0.504 e. The lowest BCUT2D eigenvalue weighted by atomic mass is 9.97. The number of nitrogens with one attached hydrogen (secondary N) is 3. The molecule has 0 bridgehead atoms. The third-order valence-corrected chi connectivity index (χ3v) is 19.5. The molecule has 7 N–H and O–H groups in total. The van der Waals surface area contributed by atoms with Crippen molar-refractivity contribution >= 4 is 35.5 Å². The third-order valence-electron chi connectivity index (χ3n) is 19.5. The number of aromatic nitrogens is 3. The Labute approximate surface area is 635 Å². The molecule has 7 heterocycles. The van der Waals surface area contributed by atoms with Crippen LogP contribution in [-0.4, -0.2) is 205 Å². The van der Waals surface area contributed by atoms with Gasteiger partial charge in [-0.2, -0.15) is 0 Å². The molecule has 4 aliphatic rings. The molecule has 0 unspecified atom stereocenters. The molecule has 0 saturated carbocycles. The van der Waals surface area contributed by atoms with Crippen LogP contribution in [0.3, 0.4) is 0 Å². The summed E-state index contributed by atoms with van der Waals surface area (Å²) in [4.78, 5) is 64.2. The zero-order valence-corrected chi connectivity index (χ0v) is 63.5. The van der Waals surface area contributed by atoms with Crippen LogP contribution in [0.15, 0.2) is 158 Å². The predicted molar refractivity (Wildman–Crippen MR) is 418 cm³/mol. The van der Waals surface area contributed by atoms with Gasteiger partial charge in [-0.1, -0.05) is 42.5 Å². The Kier molecular flexibility index (Phi) is 29.8. The van der Waals surface area contributed by atoms with Crippen molar-refractivity contribution in [3.63, 3.8) is 0 Å². The van der Waals surface area contributed by atoms with Gasteiger partial charge in [-0.25, -0.2) is 29.3 Å². The van der Waals surface area contributed by atoms with Crippen LogP contribution >= 0.6 is 0 Å². The number of phenols is 3. The number of carbonyl (C=O) groups is 3. The number of piperazine rings is 3. The lowest BCUT2D eigenvalue weighted by molar-refractivity contribution is 0.0183. The van der Waals surface area contributed by atoms with Crippen molar-refractivity contribution in [3.8, 4) is 34.5 Å². The Morgan fingerprint density at radius 3 is 1.13 bits per heavy atom. The van der Waals surface area contributed by atoms with Gasteiger partial charge in [0.2, 0.25) is 0 Å². The Balaban J connectivity index is 0.000000173. The SMILES string of the molecule is CCOC(=O)c1ccc(CNCc2cc(CN3CCN(c4ccccn4)CC3)c(O)c(OC)c2)cc1.COc1cc(CNCC2CCN(C(=O)OC(C)(C)C)CC2)cc(CN2CCN(c3ccccn3)CC2)c1O.COc1cc(CNCc2ccc(C(=O)O)cc2)cc(CN2CCN(c3ccccn3)CC2)c1O. The van der Waals surface area contributed by atoms with Crippen LogP contribution in [0.5, 0.6) is 34.5 Å². The Hall–Kier alpha value is -10.3. The first-order chi connectivity index (χ1) is 52.3. The van der Waals surface area contributed by atoms with E-state index < -0.39 is 11.6 Å². The van der Waals surface area contributed by atoms with E-state index in [4.69, 9.17) is 28.8 Å². The quantitative estimate of drug-likeness (QED) is 0.0236. The molecule has 25 heteroatoms. The Morgan fingerprint density at radius 1 is 0.454 bits per heavy atom. The molecule has 4 fully saturated rings. The van der Waals surface area contributed by atoms with Crippen LogP contribution in [0.4, 0.5) is 22.2 Å². The zero-order chi connectivity index (χ0) is 76.4. The number of hydrogen-bond acceptors (Lipinski definition) is 23. The molecule has 0 atom stereocenters. The van der Waals surface area contributed by atoms with Gasteiger partial charge < -0.3 is 79.7 Å². The van der Waals surface area contributed by atoms with Crippen LogP contribution in [0, 0.1) is 5.92 Å². The Bertz CT molecular complexity index is 4110. The molecular formula is C83H107N13O12. The molecule has 12 rings (SSSR count). The maximum absolute atomic E-state index is 12.3. The summed E-state index contributed by atoms with van der Waals surface area (Å²) in [5.41, 5.74) is 8.16. The molecular weight excluding hydrogens is 1370 g/mol. The fourth-order valence-corrected chi connectivity index (χ4v) is 13.6. The minimum atomic E-state index is -0.929. The summed E-state index contributed by atoms with van der Waals surface area (Å²) >= 11 is 0. The molecule has 4 saturated heterocycles. The van der Waals surface area contributed by atoms with Gasteiger partial charge in [-0.05, 0) is 178 Å². The predicted octanol–water partition coefficient (Wildman–Crippen LogP) is 10.5. The molecule has 0 radical (unpaired) electrons. The van der Waals surface area contributed by atoms with E-state index in [1.165, 1.54) is 0 Å². The van der Waals surface area contributed by atoms with Crippen molar-refractivity contribution in [2.24, 2.45) is 5.92 Å². The van der Waals surface area contributed by atoms with E-state index in [0.29, 0.717) is 87.7 Å². The number of carboxylic acid groups (broad SMARTS) is 1. The fraction of sp³-hybridized carbons (Fsp3) is 0.422. The molecule has 5 aromatic carbocycles. The highest BCUT2D eigenvalue weighted by Gasteiger charge is 2.29. The number of carbonyl (C=O) groups excluding carboxylic acids is 2. The van der Waals surface area contributed by atoms with Crippen LogP contribution in [-0.2, 0) is 61.8 Å². The minimum Gasteiger partial charge on any atom is -0.504 e. The van der Waals surface area contributed by atoms with E-state index in [2.05, 4.69) is 66.4 Å². The number of piperidine rings is 1. The summed E-state index contributed by atoms with van der Waals surface area (Å²) in [6.07, 6.45) is 7.17. The van der Waals surface area contributed by atoms with E-state index in [1.807, 2.05) is 153 Å². The number of aromatic hydroxyl groups is 3. The van der Waals surface area contributed by atoms with E-state index in [0.717, 1.165) is 173 Å². The highest BCUT2D eigenvalue weighted by Crippen LogP contribution is 2.36. The number of anilines is 3. The molecule has 108 heavy (non-hydrogen) atoms.